The lowest BCUT2D eigenvalue weighted by molar-refractivity contribution is 0.257. The predicted molar refractivity (Wildman–Crippen MR) is 64.7 cm³/mol. The van der Waals surface area contributed by atoms with Gasteiger partial charge in [0.15, 0.2) is 0 Å². The second-order valence-electron chi connectivity index (χ2n) is 4.78. The molecule has 1 aromatic rings. The van der Waals surface area contributed by atoms with Gasteiger partial charge in [-0.3, -0.25) is 0 Å². The number of fused-ring (bicyclic) bond motifs is 2. The van der Waals surface area contributed by atoms with E-state index in [0.717, 1.165) is 31.4 Å². The largest absolute Gasteiger partial charge is 0.363 e. The standard InChI is InChI=1S/C13H15N3O/c14-16-13(17)15-12-10-5-1-3-8(10)7-9-4-2-6-11(9)12/h7,14H,1-6H2,(H,15,17). The van der Waals surface area contributed by atoms with E-state index in [0.29, 0.717) is 0 Å². The van der Waals surface area contributed by atoms with Gasteiger partial charge in [0.1, 0.15) is 0 Å². The Morgan fingerprint density at radius 1 is 1.12 bits per heavy atom. The van der Waals surface area contributed by atoms with E-state index < -0.39 is 6.03 Å². The van der Waals surface area contributed by atoms with Crippen LogP contribution in [0.1, 0.15) is 35.1 Å². The third-order valence-corrected chi connectivity index (χ3v) is 3.81. The van der Waals surface area contributed by atoms with E-state index in [1.807, 2.05) is 0 Å². The highest BCUT2D eigenvalue weighted by Crippen LogP contribution is 2.38. The topological polar surface area (TPSA) is 65.3 Å². The van der Waals surface area contributed by atoms with Crippen LogP contribution in [0.15, 0.2) is 11.2 Å². The normalized spacial score (nSPS) is 16.5. The van der Waals surface area contributed by atoms with Crippen LogP contribution in [0.25, 0.3) is 0 Å². The van der Waals surface area contributed by atoms with Gasteiger partial charge in [-0.15, -0.1) is 0 Å². The maximum absolute atomic E-state index is 11.3. The third-order valence-electron chi connectivity index (χ3n) is 3.81. The Labute approximate surface area is 99.9 Å². The number of urea groups is 1. The zero-order valence-electron chi connectivity index (χ0n) is 9.68. The van der Waals surface area contributed by atoms with Crippen LogP contribution in [0.2, 0.25) is 0 Å². The van der Waals surface area contributed by atoms with E-state index in [-0.39, 0.29) is 0 Å². The molecule has 3 rings (SSSR count). The summed E-state index contributed by atoms with van der Waals surface area (Å²) in [4.78, 5) is 11.3. The molecule has 2 amide bonds. The van der Waals surface area contributed by atoms with Gasteiger partial charge in [-0.25, -0.2) is 4.79 Å². The molecular formula is C13H15N3O. The van der Waals surface area contributed by atoms with Crippen LogP contribution in [-0.2, 0) is 25.7 Å². The van der Waals surface area contributed by atoms with Crippen molar-refractivity contribution < 1.29 is 4.79 Å². The summed E-state index contributed by atoms with van der Waals surface area (Å²) in [5, 5.41) is 5.73. The summed E-state index contributed by atoms with van der Waals surface area (Å²) < 4.78 is 0. The van der Waals surface area contributed by atoms with Gasteiger partial charge in [0.25, 0.3) is 0 Å². The molecule has 17 heavy (non-hydrogen) atoms. The van der Waals surface area contributed by atoms with Crippen molar-refractivity contribution in [3.05, 3.63) is 28.3 Å². The number of nitrogens with zero attached hydrogens (tertiary/aromatic N) is 1. The van der Waals surface area contributed by atoms with Gasteiger partial charge in [-0.05, 0) is 60.8 Å². The number of rotatable bonds is 1. The first kappa shape index (κ1) is 10.4. The minimum atomic E-state index is -0.556. The Balaban J connectivity index is 2.11. The van der Waals surface area contributed by atoms with Gasteiger partial charge in [0, 0.05) is 5.69 Å². The van der Waals surface area contributed by atoms with E-state index in [9.17, 15) is 4.79 Å². The molecule has 0 aliphatic heterocycles. The number of anilines is 1. The molecule has 2 aliphatic carbocycles. The molecule has 2 aliphatic rings. The molecule has 0 spiro atoms. The SMILES string of the molecule is N=NC(=O)Nc1c2c(cc3c1CCC3)CCC2. The van der Waals surface area contributed by atoms with Crippen molar-refractivity contribution in [2.75, 3.05) is 5.32 Å². The molecule has 0 saturated heterocycles. The lowest BCUT2D eigenvalue weighted by Gasteiger charge is -2.14. The van der Waals surface area contributed by atoms with Crippen LogP contribution in [0.5, 0.6) is 0 Å². The van der Waals surface area contributed by atoms with Crippen LogP contribution >= 0.6 is 0 Å². The fraction of sp³-hybridized carbons (Fsp3) is 0.462. The highest BCUT2D eigenvalue weighted by molar-refractivity contribution is 5.92. The van der Waals surface area contributed by atoms with Crippen molar-refractivity contribution in [3.63, 3.8) is 0 Å². The smallest absolute Gasteiger partial charge is 0.304 e. The average Bonchev–Trinajstić information content (AvgIpc) is 2.96. The summed E-state index contributed by atoms with van der Waals surface area (Å²) in [7, 11) is 0. The van der Waals surface area contributed by atoms with E-state index in [1.165, 1.54) is 35.1 Å². The van der Waals surface area contributed by atoms with E-state index >= 15 is 0 Å². The molecule has 0 saturated carbocycles. The van der Waals surface area contributed by atoms with Gasteiger partial charge in [-0.2, -0.15) is 5.53 Å². The Hall–Kier alpha value is -1.71. The minimum Gasteiger partial charge on any atom is -0.304 e. The number of carbonyl (C=O) groups excluding carboxylic acids is 1. The quantitative estimate of drug-likeness (QED) is 0.713. The van der Waals surface area contributed by atoms with Crippen LogP contribution in [-0.4, -0.2) is 6.03 Å². The molecule has 4 heteroatoms. The summed E-state index contributed by atoms with van der Waals surface area (Å²) in [5.41, 5.74) is 13.1. The Kier molecular flexibility index (Phi) is 2.42. The summed E-state index contributed by atoms with van der Waals surface area (Å²) in [6.45, 7) is 0. The zero-order chi connectivity index (χ0) is 11.8. The first-order valence-electron chi connectivity index (χ1n) is 6.14. The minimum absolute atomic E-state index is 0.556. The van der Waals surface area contributed by atoms with Crippen molar-refractivity contribution in [3.8, 4) is 0 Å². The fourth-order valence-electron chi connectivity index (χ4n) is 3.10. The van der Waals surface area contributed by atoms with Crippen LogP contribution in [0.4, 0.5) is 10.5 Å². The zero-order valence-corrected chi connectivity index (χ0v) is 9.68. The first-order chi connectivity index (χ1) is 8.29. The third kappa shape index (κ3) is 1.64. The lowest BCUT2D eigenvalue weighted by atomic mass is 9.99. The second kappa shape index (κ2) is 3.95. The average molecular weight is 229 g/mol. The van der Waals surface area contributed by atoms with Crippen LogP contribution in [0.3, 0.4) is 0 Å². The highest BCUT2D eigenvalue weighted by atomic mass is 16.2. The molecule has 0 unspecified atom stereocenters. The van der Waals surface area contributed by atoms with E-state index in [1.54, 1.807) is 0 Å². The number of benzene rings is 1. The van der Waals surface area contributed by atoms with Gasteiger partial charge < -0.3 is 5.32 Å². The number of hydrogen-bond acceptors (Lipinski definition) is 2. The van der Waals surface area contributed by atoms with Crippen molar-refractivity contribution in [1.82, 2.24) is 0 Å². The van der Waals surface area contributed by atoms with Gasteiger partial charge >= 0.3 is 6.03 Å². The summed E-state index contributed by atoms with van der Waals surface area (Å²) in [6.07, 6.45) is 6.64. The van der Waals surface area contributed by atoms with Crippen molar-refractivity contribution in [2.45, 2.75) is 38.5 Å². The van der Waals surface area contributed by atoms with E-state index in [4.69, 9.17) is 5.53 Å². The number of amides is 2. The molecule has 2 N–H and O–H groups in total. The highest BCUT2D eigenvalue weighted by Gasteiger charge is 2.24. The lowest BCUT2D eigenvalue weighted by Crippen LogP contribution is -2.10. The Morgan fingerprint density at radius 3 is 2.24 bits per heavy atom. The molecule has 1 aromatic carbocycles. The molecule has 0 bridgehead atoms. The molecule has 0 fully saturated rings. The van der Waals surface area contributed by atoms with E-state index in [2.05, 4.69) is 16.5 Å². The van der Waals surface area contributed by atoms with Gasteiger partial charge in [-0.1, -0.05) is 11.2 Å². The molecule has 0 heterocycles. The molecule has 4 nitrogen and oxygen atoms in total. The maximum atomic E-state index is 11.3. The molecule has 0 radical (unpaired) electrons. The molecule has 0 aromatic heterocycles. The first-order valence-corrected chi connectivity index (χ1v) is 6.14. The second-order valence-corrected chi connectivity index (χ2v) is 4.78. The Bertz CT molecular complexity index is 476. The van der Waals surface area contributed by atoms with Crippen LogP contribution in [0, 0.1) is 5.53 Å². The van der Waals surface area contributed by atoms with Crippen molar-refractivity contribution >= 4 is 11.7 Å². The molecule has 0 atom stereocenters. The fourth-order valence-corrected chi connectivity index (χ4v) is 3.10. The molecule has 88 valence electrons. The number of aryl methyl sites for hydroxylation is 2. The monoisotopic (exact) mass is 229 g/mol. The summed E-state index contributed by atoms with van der Waals surface area (Å²) in [6, 6.07) is 1.76. The molecular weight excluding hydrogens is 214 g/mol. The van der Waals surface area contributed by atoms with Crippen molar-refractivity contribution in [2.24, 2.45) is 5.11 Å². The predicted octanol–water partition coefficient (Wildman–Crippen LogP) is 3.23. The Morgan fingerprint density at radius 2 is 1.71 bits per heavy atom. The van der Waals surface area contributed by atoms with Crippen LogP contribution < -0.4 is 5.32 Å². The number of hydrogen-bond donors (Lipinski definition) is 2. The van der Waals surface area contributed by atoms with Gasteiger partial charge in [0.2, 0.25) is 0 Å². The number of carbonyl (C=O) groups is 1. The van der Waals surface area contributed by atoms with Gasteiger partial charge in [0.05, 0.1) is 0 Å². The van der Waals surface area contributed by atoms with Crippen molar-refractivity contribution in [1.29, 1.82) is 5.53 Å². The number of nitrogens with one attached hydrogen (secondary N) is 2. The maximum Gasteiger partial charge on any atom is 0.363 e. The summed E-state index contributed by atoms with van der Waals surface area (Å²) in [5.74, 6) is 0. The summed E-state index contributed by atoms with van der Waals surface area (Å²) >= 11 is 0.